The molecule has 0 saturated heterocycles. The molecular weight excluding hydrogens is 258 g/mol. The molecule has 2 aromatic carbocycles. The van der Waals surface area contributed by atoms with E-state index in [0.717, 1.165) is 18.8 Å². The van der Waals surface area contributed by atoms with Gasteiger partial charge in [-0.3, -0.25) is 0 Å². The molecule has 0 aliphatic rings. The van der Waals surface area contributed by atoms with Crippen molar-refractivity contribution in [1.29, 1.82) is 0 Å². The maximum Gasteiger partial charge on any atom is 0.0991 e. The molecule has 0 bridgehead atoms. The van der Waals surface area contributed by atoms with E-state index in [1.165, 1.54) is 16.7 Å². The highest BCUT2D eigenvalue weighted by Gasteiger charge is 1.99. The largest absolute Gasteiger partial charge is 0.309 e. The minimum atomic E-state index is 0.874. The summed E-state index contributed by atoms with van der Waals surface area (Å²) in [6.45, 7) is 3.92. The van der Waals surface area contributed by atoms with Crippen molar-refractivity contribution in [1.82, 2.24) is 14.9 Å². The second kappa shape index (κ2) is 6.37. The molecule has 0 saturated carbocycles. The summed E-state index contributed by atoms with van der Waals surface area (Å²) in [5.41, 5.74) is 5.11. The van der Waals surface area contributed by atoms with E-state index in [1.807, 2.05) is 17.1 Å². The van der Waals surface area contributed by atoms with E-state index in [4.69, 9.17) is 0 Å². The molecule has 21 heavy (non-hydrogen) atoms. The highest BCUT2D eigenvalue weighted by Crippen LogP contribution is 2.10. The first-order chi connectivity index (χ1) is 10.3. The molecule has 0 fully saturated rings. The molecule has 0 spiro atoms. The van der Waals surface area contributed by atoms with Crippen molar-refractivity contribution >= 4 is 0 Å². The topological polar surface area (TPSA) is 29.9 Å². The zero-order valence-electron chi connectivity index (χ0n) is 12.2. The van der Waals surface area contributed by atoms with Crippen molar-refractivity contribution in [3.63, 3.8) is 0 Å². The summed E-state index contributed by atoms with van der Waals surface area (Å²) in [6, 6.07) is 17.0. The van der Waals surface area contributed by atoms with Crippen LogP contribution in [-0.2, 0) is 13.1 Å². The van der Waals surface area contributed by atoms with Crippen LogP contribution in [0.2, 0.25) is 0 Å². The van der Waals surface area contributed by atoms with Crippen LogP contribution in [0, 0.1) is 6.92 Å². The molecule has 0 radical (unpaired) electrons. The van der Waals surface area contributed by atoms with Gasteiger partial charge >= 0.3 is 0 Å². The third-order valence-corrected chi connectivity index (χ3v) is 3.64. The number of aryl methyl sites for hydroxylation is 1. The predicted molar refractivity (Wildman–Crippen MR) is 85.3 cm³/mol. The number of nitrogens with zero attached hydrogens (tertiary/aromatic N) is 2. The van der Waals surface area contributed by atoms with Gasteiger partial charge in [-0.1, -0.05) is 36.4 Å². The van der Waals surface area contributed by atoms with Gasteiger partial charge in [0.2, 0.25) is 0 Å². The van der Waals surface area contributed by atoms with E-state index in [9.17, 15) is 0 Å². The van der Waals surface area contributed by atoms with Gasteiger partial charge in [-0.25, -0.2) is 4.98 Å². The molecule has 3 aromatic rings. The number of rotatable bonds is 5. The molecule has 1 N–H and O–H groups in total. The predicted octanol–water partition coefficient (Wildman–Crippen LogP) is 3.47. The fraction of sp³-hybridized carbons (Fsp3) is 0.167. The first-order valence-electron chi connectivity index (χ1n) is 7.15. The van der Waals surface area contributed by atoms with E-state index in [-0.39, 0.29) is 0 Å². The molecule has 0 unspecified atom stereocenters. The normalized spacial score (nSPS) is 10.7. The number of benzene rings is 2. The van der Waals surface area contributed by atoms with Gasteiger partial charge < -0.3 is 9.88 Å². The lowest BCUT2D eigenvalue weighted by molar-refractivity contribution is 0.690. The molecule has 3 nitrogen and oxygen atoms in total. The van der Waals surface area contributed by atoms with Crippen molar-refractivity contribution in [2.75, 3.05) is 0 Å². The average molecular weight is 277 g/mol. The van der Waals surface area contributed by atoms with Gasteiger partial charge in [0.05, 0.1) is 6.33 Å². The second-order valence-corrected chi connectivity index (χ2v) is 5.17. The highest BCUT2D eigenvalue weighted by molar-refractivity contribution is 5.34. The summed E-state index contributed by atoms with van der Waals surface area (Å²) < 4.78 is 2.00. The number of hydrogen-bond donors (Lipinski definition) is 1. The molecule has 3 heteroatoms. The van der Waals surface area contributed by atoms with Crippen LogP contribution in [0.25, 0.3) is 5.69 Å². The molecule has 1 aromatic heterocycles. The van der Waals surface area contributed by atoms with Crippen LogP contribution in [-0.4, -0.2) is 9.55 Å². The SMILES string of the molecule is Cc1ccccc1CNCc1ccc(-n2ccnc2)cc1. The zero-order chi connectivity index (χ0) is 14.5. The first-order valence-corrected chi connectivity index (χ1v) is 7.15. The molecule has 106 valence electrons. The Kier molecular flexibility index (Phi) is 4.12. The minimum Gasteiger partial charge on any atom is -0.309 e. The van der Waals surface area contributed by atoms with Crippen LogP contribution in [0.3, 0.4) is 0 Å². The van der Waals surface area contributed by atoms with Gasteiger partial charge in [0.25, 0.3) is 0 Å². The Morgan fingerprint density at radius 2 is 1.81 bits per heavy atom. The maximum atomic E-state index is 4.06. The van der Waals surface area contributed by atoms with Crippen molar-refractivity contribution in [2.45, 2.75) is 20.0 Å². The Bertz CT molecular complexity index is 685. The Balaban J connectivity index is 1.58. The lowest BCUT2D eigenvalue weighted by Crippen LogP contribution is -2.13. The number of nitrogens with one attached hydrogen (secondary N) is 1. The fourth-order valence-electron chi connectivity index (χ4n) is 2.35. The van der Waals surface area contributed by atoms with Gasteiger partial charge in [0.1, 0.15) is 0 Å². The molecule has 0 aliphatic carbocycles. The Morgan fingerprint density at radius 1 is 1.00 bits per heavy atom. The van der Waals surface area contributed by atoms with Crippen LogP contribution in [0.5, 0.6) is 0 Å². The van der Waals surface area contributed by atoms with Crippen LogP contribution >= 0.6 is 0 Å². The summed E-state index contributed by atoms with van der Waals surface area (Å²) in [7, 11) is 0. The summed E-state index contributed by atoms with van der Waals surface area (Å²) in [4.78, 5) is 4.06. The Morgan fingerprint density at radius 3 is 2.52 bits per heavy atom. The van der Waals surface area contributed by atoms with Crippen LogP contribution in [0.15, 0.2) is 67.3 Å². The van der Waals surface area contributed by atoms with Crippen molar-refractivity contribution in [2.24, 2.45) is 0 Å². The van der Waals surface area contributed by atoms with E-state index in [1.54, 1.807) is 6.20 Å². The van der Waals surface area contributed by atoms with Crippen molar-refractivity contribution in [3.8, 4) is 5.69 Å². The molecular formula is C18H19N3. The Hall–Kier alpha value is -2.39. The zero-order valence-corrected chi connectivity index (χ0v) is 12.2. The van der Waals surface area contributed by atoms with Gasteiger partial charge in [-0.2, -0.15) is 0 Å². The fourth-order valence-corrected chi connectivity index (χ4v) is 2.35. The molecule has 0 amide bonds. The van der Waals surface area contributed by atoms with Crippen LogP contribution in [0.4, 0.5) is 0 Å². The van der Waals surface area contributed by atoms with Gasteiger partial charge in [0.15, 0.2) is 0 Å². The monoisotopic (exact) mass is 277 g/mol. The molecule has 1 heterocycles. The molecule has 3 rings (SSSR count). The molecule has 0 aliphatic heterocycles. The lowest BCUT2D eigenvalue weighted by atomic mass is 10.1. The van der Waals surface area contributed by atoms with Gasteiger partial charge in [0, 0.05) is 31.2 Å². The summed E-state index contributed by atoms with van der Waals surface area (Å²) in [5, 5.41) is 3.49. The molecule has 0 atom stereocenters. The van der Waals surface area contributed by atoms with Crippen LogP contribution in [0.1, 0.15) is 16.7 Å². The quantitative estimate of drug-likeness (QED) is 0.774. The number of hydrogen-bond acceptors (Lipinski definition) is 2. The lowest BCUT2D eigenvalue weighted by Gasteiger charge is -2.08. The van der Waals surface area contributed by atoms with Crippen molar-refractivity contribution < 1.29 is 0 Å². The van der Waals surface area contributed by atoms with E-state index in [0.29, 0.717) is 0 Å². The second-order valence-electron chi connectivity index (χ2n) is 5.17. The summed E-state index contributed by atoms with van der Waals surface area (Å²) >= 11 is 0. The van der Waals surface area contributed by atoms with E-state index >= 15 is 0 Å². The minimum absolute atomic E-state index is 0.874. The third kappa shape index (κ3) is 3.38. The standard InChI is InChI=1S/C18H19N3/c1-15-4-2-3-5-17(15)13-20-12-16-6-8-18(9-7-16)21-11-10-19-14-21/h2-11,14,20H,12-13H2,1H3. The van der Waals surface area contributed by atoms with Crippen molar-refractivity contribution in [3.05, 3.63) is 83.9 Å². The first kappa shape index (κ1) is 13.6. The van der Waals surface area contributed by atoms with Gasteiger partial charge in [-0.05, 0) is 35.7 Å². The smallest absolute Gasteiger partial charge is 0.0991 e. The Labute approximate surface area is 125 Å². The summed E-state index contributed by atoms with van der Waals surface area (Å²) in [6.07, 6.45) is 5.55. The maximum absolute atomic E-state index is 4.06. The third-order valence-electron chi connectivity index (χ3n) is 3.64. The average Bonchev–Trinajstić information content (AvgIpc) is 3.04. The van der Waals surface area contributed by atoms with Crippen LogP contribution < -0.4 is 5.32 Å². The highest BCUT2D eigenvalue weighted by atomic mass is 15.0. The van der Waals surface area contributed by atoms with Gasteiger partial charge in [-0.15, -0.1) is 0 Å². The van der Waals surface area contributed by atoms with E-state index in [2.05, 4.69) is 65.8 Å². The summed E-state index contributed by atoms with van der Waals surface area (Å²) in [5.74, 6) is 0. The number of aromatic nitrogens is 2. The number of imidazole rings is 1. The van der Waals surface area contributed by atoms with E-state index < -0.39 is 0 Å².